The zero-order chi connectivity index (χ0) is 20.2. The number of carbonyl (C=O) groups excluding carboxylic acids is 1. The smallest absolute Gasteiger partial charge is 0.251 e. The Kier molecular flexibility index (Phi) is 6.22. The number of nitrogens with zero attached hydrogens (tertiary/aromatic N) is 1. The Morgan fingerprint density at radius 1 is 1.18 bits per heavy atom. The minimum absolute atomic E-state index is 0.0420. The lowest BCUT2D eigenvalue weighted by Crippen LogP contribution is -2.42. The SMILES string of the molecule is CC(O)(CNC(=O)c1ccc(S(=O)(=O)N2CCCCC2)cc1)Cc1ccco1. The third-order valence-electron chi connectivity index (χ3n) is 4.83. The normalized spacial score (nSPS) is 17.8. The van der Waals surface area contributed by atoms with Crippen molar-refractivity contribution in [3.63, 3.8) is 0 Å². The monoisotopic (exact) mass is 406 g/mol. The van der Waals surface area contributed by atoms with Gasteiger partial charge in [-0.25, -0.2) is 8.42 Å². The highest BCUT2D eigenvalue weighted by molar-refractivity contribution is 7.89. The number of rotatable bonds is 7. The summed E-state index contributed by atoms with van der Waals surface area (Å²) in [6.45, 7) is 2.73. The van der Waals surface area contributed by atoms with Crippen LogP contribution in [-0.4, -0.2) is 49.0 Å². The zero-order valence-corrected chi connectivity index (χ0v) is 16.7. The Morgan fingerprint density at radius 3 is 2.46 bits per heavy atom. The van der Waals surface area contributed by atoms with E-state index in [1.807, 2.05) is 0 Å². The molecule has 1 unspecified atom stereocenters. The highest BCUT2D eigenvalue weighted by Crippen LogP contribution is 2.21. The van der Waals surface area contributed by atoms with E-state index in [1.165, 1.54) is 34.8 Å². The van der Waals surface area contributed by atoms with Crippen LogP contribution in [0, 0.1) is 0 Å². The molecule has 1 saturated heterocycles. The van der Waals surface area contributed by atoms with Gasteiger partial charge in [0, 0.05) is 31.6 Å². The fraction of sp³-hybridized carbons (Fsp3) is 0.450. The lowest BCUT2D eigenvalue weighted by molar-refractivity contribution is 0.0510. The molecule has 8 heteroatoms. The van der Waals surface area contributed by atoms with Gasteiger partial charge in [0.05, 0.1) is 16.8 Å². The van der Waals surface area contributed by atoms with Gasteiger partial charge in [0.25, 0.3) is 5.91 Å². The van der Waals surface area contributed by atoms with Gasteiger partial charge in [0.1, 0.15) is 5.76 Å². The Bertz CT molecular complexity index is 883. The van der Waals surface area contributed by atoms with Crippen LogP contribution in [0.15, 0.2) is 52.0 Å². The maximum absolute atomic E-state index is 12.7. The molecule has 1 aliphatic heterocycles. The van der Waals surface area contributed by atoms with Gasteiger partial charge >= 0.3 is 0 Å². The van der Waals surface area contributed by atoms with Crippen molar-refractivity contribution in [2.45, 2.75) is 43.1 Å². The first-order valence-corrected chi connectivity index (χ1v) is 10.9. The number of sulfonamides is 1. The van der Waals surface area contributed by atoms with Crippen molar-refractivity contribution >= 4 is 15.9 Å². The second-order valence-corrected chi connectivity index (χ2v) is 9.36. The van der Waals surface area contributed by atoms with E-state index in [2.05, 4.69) is 5.32 Å². The van der Waals surface area contributed by atoms with Gasteiger partial charge in [-0.3, -0.25) is 4.79 Å². The predicted octanol–water partition coefficient (Wildman–Crippen LogP) is 2.18. The van der Waals surface area contributed by atoms with Crippen LogP contribution < -0.4 is 5.32 Å². The Hall–Kier alpha value is -2.16. The topological polar surface area (TPSA) is 99.8 Å². The van der Waals surface area contributed by atoms with Crippen LogP contribution in [0.5, 0.6) is 0 Å². The van der Waals surface area contributed by atoms with Gasteiger partial charge < -0.3 is 14.8 Å². The molecule has 7 nitrogen and oxygen atoms in total. The van der Waals surface area contributed by atoms with Gasteiger partial charge in [-0.05, 0) is 56.2 Å². The highest BCUT2D eigenvalue weighted by atomic mass is 32.2. The molecule has 1 aromatic heterocycles. The van der Waals surface area contributed by atoms with E-state index in [9.17, 15) is 18.3 Å². The molecule has 0 saturated carbocycles. The van der Waals surface area contributed by atoms with Crippen molar-refractivity contribution < 1.29 is 22.7 Å². The molecule has 0 radical (unpaired) electrons. The molecule has 28 heavy (non-hydrogen) atoms. The van der Waals surface area contributed by atoms with Crippen molar-refractivity contribution in [3.8, 4) is 0 Å². The summed E-state index contributed by atoms with van der Waals surface area (Å²) in [6.07, 6.45) is 4.60. The van der Waals surface area contributed by atoms with E-state index in [0.29, 0.717) is 24.4 Å². The second kappa shape index (κ2) is 8.46. The fourth-order valence-electron chi connectivity index (χ4n) is 3.26. The average Bonchev–Trinajstić information content (AvgIpc) is 3.19. The predicted molar refractivity (Wildman–Crippen MR) is 104 cm³/mol. The Morgan fingerprint density at radius 2 is 1.86 bits per heavy atom. The lowest BCUT2D eigenvalue weighted by atomic mass is 10.0. The van der Waals surface area contributed by atoms with Crippen LogP contribution in [-0.2, 0) is 16.4 Å². The first kappa shape index (κ1) is 20.6. The minimum Gasteiger partial charge on any atom is -0.469 e. The summed E-state index contributed by atoms with van der Waals surface area (Å²) in [7, 11) is -3.52. The molecule has 2 heterocycles. The van der Waals surface area contributed by atoms with E-state index >= 15 is 0 Å². The molecule has 1 atom stereocenters. The van der Waals surface area contributed by atoms with Crippen molar-refractivity contribution in [2.75, 3.05) is 19.6 Å². The molecule has 1 aliphatic rings. The molecular formula is C20H26N2O5S. The number of nitrogens with one attached hydrogen (secondary N) is 1. The molecular weight excluding hydrogens is 380 g/mol. The lowest BCUT2D eigenvalue weighted by Gasteiger charge is -2.26. The molecule has 3 rings (SSSR count). The van der Waals surface area contributed by atoms with E-state index < -0.39 is 15.6 Å². The highest BCUT2D eigenvalue weighted by Gasteiger charge is 2.26. The van der Waals surface area contributed by atoms with Gasteiger partial charge in [-0.1, -0.05) is 6.42 Å². The van der Waals surface area contributed by atoms with Crippen LogP contribution in [0.2, 0.25) is 0 Å². The zero-order valence-electron chi connectivity index (χ0n) is 15.9. The number of hydrogen-bond donors (Lipinski definition) is 2. The Labute approximate surface area is 165 Å². The van der Waals surface area contributed by atoms with E-state index in [4.69, 9.17) is 4.42 Å². The fourth-order valence-corrected chi connectivity index (χ4v) is 4.77. The average molecular weight is 407 g/mol. The standard InChI is InChI=1S/C20H26N2O5S/c1-20(24,14-17-6-5-13-27-17)15-21-19(23)16-7-9-18(10-8-16)28(25,26)22-11-3-2-4-12-22/h5-10,13,24H,2-4,11-12,14-15H2,1H3,(H,21,23). The molecule has 2 N–H and O–H groups in total. The third kappa shape index (κ3) is 5.01. The molecule has 152 valence electrons. The van der Waals surface area contributed by atoms with Crippen LogP contribution in [0.25, 0.3) is 0 Å². The largest absolute Gasteiger partial charge is 0.469 e. The summed E-state index contributed by atoms with van der Waals surface area (Å²) in [4.78, 5) is 12.5. The van der Waals surface area contributed by atoms with Crippen molar-refractivity contribution in [3.05, 3.63) is 54.0 Å². The second-order valence-electron chi connectivity index (χ2n) is 7.42. The van der Waals surface area contributed by atoms with E-state index in [-0.39, 0.29) is 23.8 Å². The van der Waals surface area contributed by atoms with Crippen LogP contribution in [0.4, 0.5) is 0 Å². The molecule has 0 bridgehead atoms. The first-order chi connectivity index (χ1) is 13.3. The summed E-state index contributed by atoms with van der Waals surface area (Å²) in [6, 6.07) is 9.40. The third-order valence-corrected chi connectivity index (χ3v) is 6.75. The van der Waals surface area contributed by atoms with E-state index in [0.717, 1.165) is 19.3 Å². The van der Waals surface area contributed by atoms with Crippen LogP contribution >= 0.6 is 0 Å². The molecule has 1 fully saturated rings. The minimum atomic E-state index is -3.52. The number of aliphatic hydroxyl groups is 1. The number of furan rings is 1. The van der Waals surface area contributed by atoms with Gasteiger partial charge in [0.15, 0.2) is 0 Å². The summed E-state index contributed by atoms with van der Waals surface area (Å²) in [5.74, 6) is 0.258. The number of piperidine rings is 1. The van der Waals surface area contributed by atoms with Crippen LogP contribution in [0.3, 0.4) is 0 Å². The summed E-state index contributed by atoms with van der Waals surface area (Å²) < 4.78 is 32.0. The van der Waals surface area contributed by atoms with Crippen molar-refractivity contribution in [1.82, 2.24) is 9.62 Å². The number of hydrogen-bond acceptors (Lipinski definition) is 5. The maximum Gasteiger partial charge on any atom is 0.251 e. The molecule has 1 aromatic carbocycles. The van der Waals surface area contributed by atoms with Crippen LogP contribution in [0.1, 0.15) is 42.3 Å². The molecule has 0 spiro atoms. The van der Waals surface area contributed by atoms with Gasteiger partial charge in [0.2, 0.25) is 10.0 Å². The summed E-state index contributed by atoms with van der Waals surface area (Å²) in [5.41, 5.74) is -0.822. The summed E-state index contributed by atoms with van der Waals surface area (Å²) >= 11 is 0. The van der Waals surface area contributed by atoms with Crippen molar-refractivity contribution in [1.29, 1.82) is 0 Å². The van der Waals surface area contributed by atoms with E-state index in [1.54, 1.807) is 19.1 Å². The molecule has 0 aliphatic carbocycles. The van der Waals surface area contributed by atoms with Gasteiger partial charge in [-0.15, -0.1) is 0 Å². The molecule has 2 aromatic rings. The van der Waals surface area contributed by atoms with Gasteiger partial charge in [-0.2, -0.15) is 4.31 Å². The van der Waals surface area contributed by atoms with Crippen molar-refractivity contribution in [2.24, 2.45) is 0 Å². The number of carbonyl (C=O) groups is 1. The molecule has 1 amide bonds. The number of benzene rings is 1. The summed E-state index contributed by atoms with van der Waals surface area (Å²) in [5, 5.41) is 13.1. The number of amides is 1. The maximum atomic E-state index is 12.7. The Balaban J connectivity index is 1.60. The first-order valence-electron chi connectivity index (χ1n) is 9.41. The quantitative estimate of drug-likeness (QED) is 0.734.